The van der Waals surface area contributed by atoms with Crippen molar-refractivity contribution in [2.45, 2.75) is 6.04 Å². The van der Waals surface area contributed by atoms with Gasteiger partial charge < -0.3 is 5.32 Å². The number of rotatable bonds is 0. The fraction of sp³-hybridized carbons (Fsp3) is 0.200. The van der Waals surface area contributed by atoms with E-state index in [1.807, 2.05) is 0 Å². The lowest BCUT2D eigenvalue weighted by molar-refractivity contribution is 0.248. The molecule has 2 aliphatic heterocycles. The van der Waals surface area contributed by atoms with E-state index in [0.29, 0.717) is 5.84 Å². The van der Waals surface area contributed by atoms with E-state index >= 15 is 0 Å². The topological polar surface area (TPSA) is 89.7 Å². The lowest BCUT2D eigenvalue weighted by atomic mass is 10.2. The van der Waals surface area contributed by atoms with Gasteiger partial charge in [0.15, 0.2) is 5.84 Å². The number of nitrogens with zero attached hydrogens (tertiary/aromatic N) is 2. The number of nitrogens with one attached hydrogen (secondary N) is 3. The minimum absolute atomic E-state index is 0.105. The van der Waals surface area contributed by atoms with Crippen LogP contribution in [0.4, 0.5) is 4.79 Å². The lowest BCUT2D eigenvalue weighted by Gasteiger charge is -2.08. The second kappa shape index (κ2) is 1.88. The summed E-state index contributed by atoms with van der Waals surface area (Å²) < 4.78 is 0. The van der Waals surface area contributed by atoms with E-state index in [1.165, 1.54) is 6.34 Å². The Morgan fingerprint density at radius 2 is 2.45 bits per heavy atom. The van der Waals surface area contributed by atoms with Crippen LogP contribution in [0.1, 0.15) is 0 Å². The van der Waals surface area contributed by atoms with E-state index in [9.17, 15) is 4.79 Å². The molecule has 3 N–H and O–H groups in total. The Hall–Kier alpha value is -1.72. The molecule has 56 valence electrons. The quantitative estimate of drug-likeness (QED) is 0.411. The highest BCUT2D eigenvalue weighted by atomic mass is 16.2. The number of fused-ring (bicyclic) bond motifs is 1. The van der Waals surface area contributed by atoms with Crippen molar-refractivity contribution in [2.24, 2.45) is 9.98 Å². The zero-order valence-corrected chi connectivity index (χ0v) is 5.46. The first-order chi connectivity index (χ1) is 5.27. The molecule has 0 radical (unpaired) electrons. The van der Waals surface area contributed by atoms with Crippen LogP contribution in [0.3, 0.4) is 0 Å². The molecular formula is C5H5N5O. The Labute approximate surface area is 61.9 Å². The largest absolute Gasteiger partial charge is 0.321 e. The van der Waals surface area contributed by atoms with Gasteiger partial charge in [0, 0.05) is 0 Å². The second-order valence-electron chi connectivity index (χ2n) is 2.18. The Morgan fingerprint density at radius 1 is 1.64 bits per heavy atom. The van der Waals surface area contributed by atoms with Gasteiger partial charge in [-0.1, -0.05) is 0 Å². The highest BCUT2D eigenvalue weighted by Crippen LogP contribution is 2.01. The van der Waals surface area contributed by atoms with Gasteiger partial charge in [-0.3, -0.25) is 10.7 Å². The first kappa shape index (κ1) is 6.02. The van der Waals surface area contributed by atoms with Crippen molar-refractivity contribution >= 4 is 24.0 Å². The average Bonchev–Trinajstić information content (AvgIpc) is 2.31. The van der Waals surface area contributed by atoms with Crippen LogP contribution in [0.15, 0.2) is 9.98 Å². The third-order valence-corrected chi connectivity index (χ3v) is 1.46. The fourth-order valence-electron chi connectivity index (χ4n) is 0.957. The second-order valence-corrected chi connectivity index (χ2v) is 2.18. The van der Waals surface area contributed by atoms with Gasteiger partial charge >= 0.3 is 6.03 Å². The summed E-state index contributed by atoms with van der Waals surface area (Å²) in [6, 6.07) is -0.795. The summed E-state index contributed by atoms with van der Waals surface area (Å²) in [5, 5.41) is 12.2. The standard InChI is InChI=1S/C5H5N5O/c6-3-2-4(8-1-7-3)10-5(11)9-2/h1-2H,(H3,6,7,8,9,10,11). The highest BCUT2D eigenvalue weighted by molar-refractivity contribution is 6.23. The van der Waals surface area contributed by atoms with Gasteiger partial charge in [0.2, 0.25) is 0 Å². The molecule has 0 saturated carbocycles. The van der Waals surface area contributed by atoms with Gasteiger partial charge in [-0.25, -0.2) is 14.8 Å². The molecule has 1 atom stereocenters. The molecular weight excluding hydrogens is 146 g/mol. The van der Waals surface area contributed by atoms with Crippen molar-refractivity contribution in [3.8, 4) is 0 Å². The van der Waals surface area contributed by atoms with Gasteiger partial charge in [-0.2, -0.15) is 0 Å². The normalized spacial score (nSPS) is 27.3. The predicted octanol–water partition coefficient (Wildman–Crippen LogP) is -0.915. The van der Waals surface area contributed by atoms with Crippen LogP contribution in [0.25, 0.3) is 0 Å². The SMILES string of the molecule is N=C1N=CN=C2NC(=O)NC12. The number of hydrogen-bond donors (Lipinski definition) is 3. The molecule has 2 aliphatic rings. The summed E-state index contributed by atoms with van der Waals surface area (Å²) >= 11 is 0. The number of urea groups is 1. The Balaban J connectivity index is 2.35. The molecule has 0 aromatic carbocycles. The van der Waals surface area contributed by atoms with Gasteiger partial charge in [0.05, 0.1) is 0 Å². The third kappa shape index (κ3) is 0.794. The first-order valence-electron chi connectivity index (χ1n) is 3.03. The van der Waals surface area contributed by atoms with Crippen LogP contribution >= 0.6 is 0 Å². The van der Waals surface area contributed by atoms with E-state index in [-0.39, 0.29) is 11.9 Å². The number of hydrogen-bond acceptors (Lipinski definition) is 3. The summed E-state index contributed by atoms with van der Waals surface area (Å²) in [5.74, 6) is 0.559. The molecule has 1 saturated heterocycles. The van der Waals surface area contributed by atoms with E-state index in [1.54, 1.807) is 0 Å². The van der Waals surface area contributed by atoms with Crippen molar-refractivity contribution in [1.82, 2.24) is 10.6 Å². The Bertz CT molecular complexity index is 291. The highest BCUT2D eigenvalue weighted by Gasteiger charge is 2.32. The molecule has 6 heteroatoms. The smallest absolute Gasteiger partial charge is 0.321 e. The van der Waals surface area contributed by atoms with Crippen molar-refractivity contribution in [3.63, 3.8) is 0 Å². The Morgan fingerprint density at radius 3 is 3.18 bits per heavy atom. The zero-order valence-electron chi connectivity index (χ0n) is 5.46. The molecule has 11 heavy (non-hydrogen) atoms. The van der Waals surface area contributed by atoms with E-state index in [4.69, 9.17) is 5.41 Å². The number of amidine groups is 2. The monoisotopic (exact) mass is 151 g/mol. The van der Waals surface area contributed by atoms with Crippen LogP contribution in [0.5, 0.6) is 0 Å². The summed E-state index contributed by atoms with van der Waals surface area (Å²) in [4.78, 5) is 18.1. The number of aliphatic imine (C=N–C) groups is 2. The summed E-state index contributed by atoms with van der Waals surface area (Å²) in [6.45, 7) is 0. The van der Waals surface area contributed by atoms with Gasteiger partial charge in [-0.05, 0) is 0 Å². The summed E-state index contributed by atoms with van der Waals surface area (Å²) in [7, 11) is 0. The molecule has 2 amide bonds. The van der Waals surface area contributed by atoms with Crippen molar-refractivity contribution in [2.75, 3.05) is 0 Å². The molecule has 2 heterocycles. The third-order valence-electron chi connectivity index (χ3n) is 1.46. The molecule has 0 spiro atoms. The molecule has 0 aliphatic carbocycles. The molecule has 1 fully saturated rings. The molecule has 6 nitrogen and oxygen atoms in total. The van der Waals surface area contributed by atoms with Crippen molar-refractivity contribution in [3.05, 3.63) is 0 Å². The maximum Gasteiger partial charge on any atom is 0.321 e. The molecule has 0 bridgehead atoms. The minimum atomic E-state index is -0.465. The number of carbonyl (C=O) groups excluding carboxylic acids is 1. The van der Waals surface area contributed by atoms with E-state index in [2.05, 4.69) is 20.6 Å². The molecule has 0 aromatic heterocycles. The first-order valence-corrected chi connectivity index (χ1v) is 3.03. The lowest BCUT2D eigenvalue weighted by Crippen LogP contribution is -2.37. The van der Waals surface area contributed by atoms with Crippen molar-refractivity contribution < 1.29 is 4.79 Å². The molecule has 2 rings (SSSR count). The number of carbonyl (C=O) groups is 1. The van der Waals surface area contributed by atoms with Crippen LogP contribution in [-0.2, 0) is 0 Å². The van der Waals surface area contributed by atoms with Crippen LogP contribution < -0.4 is 10.6 Å². The molecule has 1 unspecified atom stereocenters. The van der Waals surface area contributed by atoms with Gasteiger partial charge in [0.25, 0.3) is 0 Å². The summed E-state index contributed by atoms with van der Waals surface area (Å²) in [6.07, 6.45) is 1.25. The minimum Gasteiger partial charge on any atom is -0.321 e. The maximum atomic E-state index is 10.7. The van der Waals surface area contributed by atoms with Gasteiger partial charge in [0.1, 0.15) is 18.2 Å². The van der Waals surface area contributed by atoms with Gasteiger partial charge in [-0.15, -0.1) is 0 Å². The molecule has 0 aromatic rings. The van der Waals surface area contributed by atoms with Crippen LogP contribution in [-0.4, -0.2) is 30.1 Å². The Kier molecular flexibility index (Phi) is 1.03. The summed E-state index contributed by atoms with van der Waals surface area (Å²) in [5.41, 5.74) is 0. The zero-order chi connectivity index (χ0) is 7.84. The number of amides is 2. The van der Waals surface area contributed by atoms with Crippen LogP contribution in [0.2, 0.25) is 0 Å². The predicted molar refractivity (Wildman–Crippen MR) is 39.1 cm³/mol. The van der Waals surface area contributed by atoms with E-state index in [0.717, 1.165) is 0 Å². The maximum absolute atomic E-state index is 10.7. The average molecular weight is 151 g/mol. The van der Waals surface area contributed by atoms with E-state index < -0.39 is 6.04 Å². The van der Waals surface area contributed by atoms with Crippen LogP contribution in [0, 0.1) is 5.41 Å². The van der Waals surface area contributed by atoms with Crippen molar-refractivity contribution in [1.29, 1.82) is 5.41 Å². The fourth-order valence-corrected chi connectivity index (χ4v) is 0.957.